The lowest BCUT2D eigenvalue weighted by Gasteiger charge is -2.23. The van der Waals surface area contributed by atoms with Crippen LogP contribution in [0.4, 0.5) is 0 Å². The fourth-order valence-electron chi connectivity index (χ4n) is 2.69. The molecule has 2 amide bonds. The Kier molecular flexibility index (Phi) is 5.73. The molecule has 7 nitrogen and oxygen atoms in total. The third-order valence-electron chi connectivity index (χ3n) is 4.11. The number of hydrogen-bond acceptors (Lipinski definition) is 5. The number of aromatic nitrogens is 2. The van der Waals surface area contributed by atoms with Crippen LogP contribution in [0.5, 0.6) is 0 Å². The van der Waals surface area contributed by atoms with Gasteiger partial charge in [0.25, 0.3) is 5.91 Å². The number of para-hydroxylation sites is 2. The van der Waals surface area contributed by atoms with Gasteiger partial charge in [-0.25, -0.2) is 4.98 Å². The summed E-state index contributed by atoms with van der Waals surface area (Å²) in [7, 11) is 1.62. The third kappa shape index (κ3) is 4.45. The van der Waals surface area contributed by atoms with E-state index in [-0.39, 0.29) is 11.6 Å². The molecule has 0 spiro atoms. The molecule has 0 saturated heterocycles. The standard InChI is InChI=1S/C20H20N4O3/c1-24(12-14-7-3-2-4-8-14)20(27)18(13-25)23-19(26)17-11-21-15-9-5-6-10-16(15)22-17/h2-11,18,25H,12-13H2,1H3,(H,23,26)/t18-/m0/s1. The van der Waals surface area contributed by atoms with Crippen LogP contribution in [0.3, 0.4) is 0 Å². The Morgan fingerprint density at radius 1 is 1.07 bits per heavy atom. The van der Waals surface area contributed by atoms with E-state index >= 15 is 0 Å². The minimum Gasteiger partial charge on any atom is -0.394 e. The predicted octanol–water partition coefficient (Wildman–Crippen LogP) is 1.38. The zero-order valence-corrected chi connectivity index (χ0v) is 14.9. The molecule has 27 heavy (non-hydrogen) atoms. The largest absolute Gasteiger partial charge is 0.394 e. The molecule has 0 bridgehead atoms. The summed E-state index contributed by atoms with van der Waals surface area (Å²) in [5.41, 5.74) is 2.30. The number of aliphatic hydroxyl groups is 1. The molecule has 3 aromatic rings. The summed E-state index contributed by atoms with van der Waals surface area (Å²) in [6, 6.07) is 15.6. The molecule has 0 aliphatic carbocycles. The molecule has 0 fully saturated rings. The lowest BCUT2D eigenvalue weighted by atomic mass is 10.2. The van der Waals surface area contributed by atoms with Crippen LogP contribution in [0.15, 0.2) is 60.8 Å². The molecular weight excluding hydrogens is 344 g/mol. The summed E-state index contributed by atoms with van der Waals surface area (Å²) in [6.07, 6.45) is 1.35. The van der Waals surface area contributed by atoms with Crippen LogP contribution in [-0.4, -0.2) is 51.5 Å². The van der Waals surface area contributed by atoms with Gasteiger partial charge >= 0.3 is 0 Å². The van der Waals surface area contributed by atoms with Crippen molar-refractivity contribution in [1.82, 2.24) is 20.2 Å². The highest BCUT2D eigenvalue weighted by atomic mass is 16.3. The zero-order chi connectivity index (χ0) is 19.2. The Hall–Kier alpha value is -3.32. The summed E-state index contributed by atoms with van der Waals surface area (Å²) in [4.78, 5) is 34.9. The summed E-state index contributed by atoms with van der Waals surface area (Å²) in [5.74, 6) is -0.947. The van der Waals surface area contributed by atoms with Crippen molar-refractivity contribution >= 4 is 22.8 Å². The molecule has 3 rings (SSSR count). The summed E-state index contributed by atoms with van der Waals surface area (Å²) in [5, 5.41) is 12.1. The van der Waals surface area contributed by atoms with Crippen molar-refractivity contribution in [2.75, 3.05) is 13.7 Å². The predicted molar refractivity (Wildman–Crippen MR) is 101 cm³/mol. The van der Waals surface area contributed by atoms with Crippen LogP contribution in [-0.2, 0) is 11.3 Å². The molecule has 2 N–H and O–H groups in total. The van der Waals surface area contributed by atoms with Crippen molar-refractivity contribution in [3.8, 4) is 0 Å². The molecular formula is C20H20N4O3. The summed E-state index contributed by atoms with van der Waals surface area (Å²) in [6.45, 7) is -0.132. The van der Waals surface area contributed by atoms with Crippen LogP contribution >= 0.6 is 0 Å². The maximum Gasteiger partial charge on any atom is 0.272 e. The number of benzene rings is 2. The van der Waals surface area contributed by atoms with Crippen LogP contribution in [0.1, 0.15) is 16.1 Å². The molecule has 0 aliphatic rings. The van der Waals surface area contributed by atoms with Crippen molar-refractivity contribution in [3.05, 3.63) is 72.1 Å². The average Bonchev–Trinajstić information content (AvgIpc) is 2.71. The van der Waals surface area contributed by atoms with Crippen LogP contribution in [0.2, 0.25) is 0 Å². The zero-order valence-electron chi connectivity index (χ0n) is 14.9. The number of hydrogen-bond donors (Lipinski definition) is 2. The van der Waals surface area contributed by atoms with E-state index in [4.69, 9.17) is 0 Å². The molecule has 0 aliphatic heterocycles. The Morgan fingerprint density at radius 2 is 1.74 bits per heavy atom. The molecule has 0 unspecified atom stereocenters. The minimum absolute atomic E-state index is 0.0886. The van der Waals surface area contributed by atoms with Gasteiger partial charge in [-0.15, -0.1) is 0 Å². The number of fused-ring (bicyclic) bond motifs is 1. The quantitative estimate of drug-likeness (QED) is 0.689. The van der Waals surface area contributed by atoms with Gasteiger partial charge in [0, 0.05) is 13.6 Å². The van der Waals surface area contributed by atoms with Crippen LogP contribution < -0.4 is 5.32 Å². The van der Waals surface area contributed by atoms with Gasteiger partial charge in [0.15, 0.2) is 0 Å². The summed E-state index contributed by atoms with van der Waals surface area (Å²) >= 11 is 0. The SMILES string of the molecule is CN(Cc1ccccc1)C(=O)[C@H](CO)NC(=O)c1cnc2ccccc2n1. The molecule has 1 aromatic heterocycles. The van der Waals surface area contributed by atoms with E-state index in [1.54, 1.807) is 25.2 Å². The number of carbonyl (C=O) groups excluding carboxylic acids is 2. The van der Waals surface area contributed by atoms with E-state index in [1.807, 2.05) is 36.4 Å². The highest BCUT2D eigenvalue weighted by Gasteiger charge is 2.24. The van der Waals surface area contributed by atoms with Crippen molar-refractivity contribution in [2.24, 2.45) is 0 Å². The molecule has 138 valence electrons. The fraction of sp³-hybridized carbons (Fsp3) is 0.200. The maximum atomic E-state index is 12.6. The number of amides is 2. The second-order valence-corrected chi connectivity index (χ2v) is 6.13. The fourth-order valence-corrected chi connectivity index (χ4v) is 2.69. The first-order valence-electron chi connectivity index (χ1n) is 8.51. The van der Waals surface area contributed by atoms with Gasteiger partial charge in [0.1, 0.15) is 11.7 Å². The normalized spacial score (nSPS) is 11.8. The van der Waals surface area contributed by atoms with Crippen LogP contribution in [0.25, 0.3) is 11.0 Å². The molecule has 2 aromatic carbocycles. The number of rotatable bonds is 6. The van der Waals surface area contributed by atoms with E-state index in [2.05, 4.69) is 15.3 Å². The minimum atomic E-state index is -1.06. The second-order valence-electron chi connectivity index (χ2n) is 6.13. The number of likely N-dealkylation sites (N-methyl/N-ethyl adjacent to an activating group) is 1. The lowest BCUT2D eigenvalue weighted by Crippen LogP contribution is -2.49. The Morgan fingerprint density at radius 3 is 2.44 bits per heavy atom. The van der Waals surface area contributed by atoms with E-state index in [0.29, 0.717) is 17.6 Å². The van der Waals surface area contributed by atoms with Crippen LogP contribution in [0, 0.1) is 0 Å². The monoisotopic (exact) mass is 364 g/mol. The molecule has 7 heteroatoms. The Bertz CT molecular complexity index is 946. The lowest BCUT2D eigenvalue weighted by molar-refractivity contribution is -0.133. The average molecular weight is 364 g/mol. The first-order chi connectivity index (χ1) is 13.1. The Balaban J connectivity index is 1.69. The summed E-state index contributed by atoms with van der Waals surface area (Å²) < 4.78 is 0. The van der Waals surface area contributed by atoms with Gasteiger partial charge in [-0.2, -0.15) is 0 Å². The smallest absolute Gasteiger partial charge is 0.272 e. The third-order valence-corrected chi connectivity index (χ3v) is 4.11. The van der Waals surface area contributed by atoms with Gasteiger partial charge in [0.05, 0.1) is 23.8 Å². The molecule has 0 saturated carbocycles. The second kappa shape index (κ2) is 8.37. The number of nitrogens with zero attached hydrogens (tertiary/aromatic N) is 3. The van der Waals surface area contributed by atoms with Gasteiger partial charge in [-0.05, 0) is 17.7 Å². The van der Waals surface area contributed by atoms with E-state index < -0.39 is 18.6 Å². The first kappa shape index (κ1) is 18.5. The van der Waals surface area contributed by atoms with E-state index in [0.717, 1.165) is 5.56 Å². The first-order valence-corrected chi connectivity index (χ1v) is 8.51. The van der Waals surface area contributed by atoms with Gasteiger partial charge in [-0.3, -0.25) is 14.6 Å². The topological polar surface area (TPSA) is 95.4 Å². The van der Waals surface area contributed by atoms with Gasteiger partial charge in [0.2, 0.25) is 5.91 Å². The highest BCUT2D eigenvalue weighted by Crippen LogP contribution is 2.09. The van der Waals surface area contributed by atoms with Crippen molar-refractivity contribution in [3.63, 3.8) is 0 Å². The maximum absolute atomic E-state index is 12.6. The van der Waals surface area contributed by atoms with Gasteiger partial charge < -0.3 is 15.3 Å². The molecule has 1 heterocycles. The Labute approximate surface area is 156 Å². The van der Waals surface area contributed by atoms with Crippen molar-refractivity contribution in [2.45, 2.75) is 12.6 Å². The number of nitrogens with one attached hydrogen (secondary N) is 1. The van der Waals surface area contributed by atoms with E-state index in [9.17, 15) is 14.7 Å². The van der Waals surface area contributed by atoms with Crippen molar-refractivity contribution in [1.29, 1.82) is 0 Å². The van der Waals surface area contributed by atoms with Gasteiger partial charge in [-0.1, -0.05) is 42.5 Å². The van der Waals surface area contributed by atoms with E-state index in [1.165, 1.54) is 11.1 Å². The molecule has 0 radical (unpaired) electrons. The molecule has 1 atom stereocenters. The number of aliphatic hydroxyl groups excluding tert-OH is 1. The highest BCUT2D eigenvalue weighted by molar-refractivity contribution is 5.97. The van der Waals surface area contributed by atoms with Crippen molar-refractivity contribution < 1.29 is 14.7 Å². The number of carbonyl (C=O) groups is 2.